The summed E-state index contributed by atoms with van der Waals surface area (Å²) in [6.45, 7) is 2.71. The zero-order valence-corrected chi connectivity index (χ0v) is 9.53. The molecule has 0 heterocycles. The molecule has 0 bridgehead atoms. The van der Waals surface area contributed by atoms with E-state index in [1.54, 1.807) is 0 Å². The van der Waals surface area contributed by atoms with Crippen molar-refractivity contribution in [2.75, 3.05) is 6.54 Å². The summed E-state index contributed by atoms with van der Waals surface area (Å²) in [7, 11) is 0. The SMILES string of the molecule is CCN=C(NN)NC1CCc2ccccc21. The van der Waals surface area contributed by atoms with Crippen LogP contribution in [0.25, 0.3) is 0 Å². The maximum absolute atomic E-state index is 5.41. The third-order valence-corrected chi connectivity index (χ3v) is 2.90. The molecule has 1 aromatic rings. The monoisotopic (exact) mass is 218 g/mol. The zero-order chi connectivity index (χ0) is 11.4. The van der Waals surface area contributed by atoms with Crippen molar-refractivity contribution in [2.24, 2.45) is 10.8 Å². The molecule has 86 valence electrons. The standard InChI is InChI=1S/C12H18N4/c1-2-14-12(16-13)15-11-8-7-9-5-3-4-6-10(9)11/h3-6,11H,2,7-8,13H2,1H3,(H2,14,15,16). The van der Waals surface area contributed by atoms with Crippen molar-refractivity contribution in [3.05, 3.63) is 35.4 Å². The minimum atomic E-state index is 0.331. The van der Waals surface area contributed by atoms with Crippen LogP contribution in [0.4, 0.5) is 0 Å². The van der Waals surface area contributed by atoms with Crippen LogP contribution in [-0.2, 0) is 6.42 Å². The summed E-state index contributed by atoms with van der Waals surface area (Å²) in [6.07, 6.45) is 2.22. The molecule has 4 N–H and O–H groups in total. The molecule has 2 rings (SSSR count). The maximum atomic E-state index is 5.41. The Morgan fingerprint density at radius 2 is 2.31 bits per heavy atom. The summed E-state index contributed by atoms with van der Waals surface area (Å²) in [6, 6.07) is 8.84. The lowest BCUT2D eigenvalue weighted by Crippen LogP contribution is -2.42. The fourth-order valence-electron chi connectivity index (χ4n) is 2.16. The number of nitrogens with zero attached hydrogens (tertiary/aromatic N) is 1. The van der Waals surface area contributed by atoms with Gasteiger partial charge in [0.1, 0.15) is 0 Å². The van der Waals surface area contributed by atoms with Crippen molar-refractivity contribution in [3.63, 3.8) is 0 Å². The van der Waals surface area contributed by atoms with E-state index in [0.717, 1.165) is 19.4 Å². The van der Waals surface area contributed by atoms with E-state index in [1.807, 2.05) is 6.92 Å². The first-order valence-electron chi connectivity index (χ1n) is 5.70. The Bertz CT molecular complexity index is 386. The highest BCUT2D eigenvalue weighted by molar-refractivity contribution is 5.79. The molecule has 4 nitrogen and oxygen atoms in total. The molecule has 0 spiro atoms. The molecule has 0 saturated heterocycles. The van der Waals surface area contributed by atoms with Crippen LogP contribution in [-0.4, -0.2) is 12.5 Å². The van der Waals surface area contributed by atoms with Gasteiger partial charge in [-0.05, 0) is 30.9 Å². The van der Waals surface area contributed by atoms with Gasteiger partial charge in [0.2, 0.25) is 5.96 Å². The Morgan fingerprint density at radius 3 is 3.06 bits per heavy atom. The van der Waals surface area contributed by atoms with Crippen molar-refractivity contribution in [3.8, 4) is 0 Å². The lowest BCUT2D eigenvalue weighted by atomic mass is 10.1. The highest BCUT2D eigenvalue weighted by Gasteiger charge is 2.22. The molecule has 0 saturated carbocycles. The van der Waals surface area contributed by atoms with Crippen LogP contribution in [0.2, 0.25) is 0 Å². The largest absolute Gasteiger partial charge is 0.349 e. The number of fused-ring (bicyclic) bond motifs is 1. The third kappa shape index (κ3) is 2.17. The van der Waals surface area contributed by atoms with E-state index in [2.05, 4.69) is 40.0 Å². The highest BCUT2D eigenvalue weighted by atomic mass is 15.3. The van der Waals surface area contributed by atoms with Gasteiger partial charge < -0.3 is 5.32 Å². The van der Waals surface area contributed by atoms with Gasteiger partial charge in [-0.15, -0.1) is 0 Å². The van der Waals surface area contributed by atoms with Crippen molar-refractivity contribution in [2.45, 2.75) is 25.8 Å². The average molecular weight is 218 g/mol. The fourth-order valence-corrected chi connectivity index (χ4v) is 2.16. The van der Waals surface area contributed by atoms with Gasteiger partial charge in [0.25, 0.3) is 0 Å². The molecule has 1 aromatic carbocycles. The van der Waals surface area contributed by atoms with Gasteiger partial charge in [0.15, 0.2) is 0 Å². The molecule has 4 heteroatoms. The van der Waals surface area contributed by atoms with E-state index >= 15 is 0 Å². The summed E-state index contributed by atoms with van der Waals surface area (Å²) in [5.41, 5.74) is 5.39. The molecule has 1 aliphatic carbocycles. The topological polar surface area (TPSA) is 62.4 Å². The predicted octanol–water partition coefficient (Wildman–Crippen LogP) is 1.10. The predicted molar refractivity (Wildman–Crippen MR) is 65.9 cm³/mol. The van der Waals surface area contributed by atoms with Gasteiger partial charge in [-0.3, -0.25) is 10.4 Å². The van der Waals surface area contributed by atoms with Crippen molar-refractivity contribution >= 4 is 5.96 Å². The van der Waals surface area contributed by atoms with Crippen LogP contribution in [0.5, 0.6) is 0 Å². The number of guanidine groups is 1. The number of aliphatic imine (C=N–C) groups is 1. The third-order valence-electron chi connectivity index (χ3n) is 2.90. The number of nitrogens with two attached hydrogens (primary N) is 1. The molecule has 0 radical (unpaired) electrons. The second kappa shape index (κ2) is 4.99. The molecule has 1 unspecified atom stereocenters. The molecule has 0 fully saturated rings. The van der Waals surface area contributed by atoms with Gasteiger partial charge in [-0.25, -0.2) is 5.84 Å². The normalized spacial score (nSPS) is 19.4. The number of benzene rings is 1. The molecule has 0 aliphatic heterocycles. The number of rotatable bonds is 2. The first-order chi connectivity index (χ1) is 7.85. The minimum Gasteiger partial charge on any atom is -0.349 e. The van der Waals surface area contributed by atoms with Crippen LogP contribution >= 0.6 is 0 Å². The highest BCUT2D eigenvalue weighted by Crippen LogP contribution is 2.30. The van der Waals surface area contributed by atoms with Crippen LogP contribution in [0.15, 0.2) is 29.3 Å². The fraction of sp³-hybridized carbons (Fsp3) is 0.417. The van der Waals surface area contributed by atoms with Crippen molar-refractivity contribution in [1.82, 2.24) is 10.7 Å². The lowest BCUT2D eigenvalue weighted by molar-refractivity contribution is 0.623. The van der Waals surface area contributed by atoms with E-state index in [4.69, 9.17) is 5.84 Å². The maximum Gasteiger partial charge on any atom is 0.206 e. The molecular weight excluding hydrogens is 200 g/mol. The van der Waals surface area contributed by atoms with Gasteiger partial charge in [0.05, 0.1) is 6.04 Å². The number of aryl methyl sites for hydroxylation is 1. The van der Waals surface area contributed by atoms with E-state index < -0.39 is 0 Å². The van der Waals surface area contributed by atoms with Gasteiger partial charge >= 0.3 is 0 Å². The summed E-state index contributed by atoms with van der Waals surface area (Å²) >= 11 is 0. The van der Waals surface area contributed by atoms with Crippen LogP contribution in [0.3, 0.4) is 0 Å². The first kappa shape index (κ1) is 11.0. The smallest absolute Gasteiger partial charge is 0.206 e. The van der Waals surface area contributed by atoms with E-state index in [0.29, 0.717) is 12.0 Å². The Morgan fingerprint density at radius 1 is 1.50 bits per heavy atom. The number of hydrogen-bond donors (Lipinski definition) is 3. The lowest BCUT2D eigenvalue weighted by Gasteiger charge is -2.16. The van der Waals surface area contributed by atoms with E-state index in [-0.39, 0.29) is 0 Å². The first-order valence-corrected chi connectivity index (χ1v) is 5.70. The van der Waals surface area contributed by atoms with Gasteiger partial charge in [-0.2, -0.15) is 0 Å². The summed E-state index contributed by atoms with van der Waals surface area (Å²) in [4.78, 5) is 4.25. The summed E-state index contributed by atoms with van der Waals surface area (Å²) < 4.78 is 0. The van der Waals surface area contributed by atoms with E-state index in [1.165, 1.54) is 11.1 Å². The second-order valence-corrected chi connectivity index (χ2v) is 3.90. The van der Waals surface area contributed by atoms with Crippen LogP contribution in [0, 0.1) is 0 Å². The molecule has 16 heavy (non-hydrogen) atoms. The zero-order valence-electron chi connectivity index (χ0n) is 9.53. The average Bonchev–Trinajstić information content (AvgIpc) is 2.72. The Kier molecular flexibility index (Phi) is 3.41. The molecular formula is C12H18N4. The van der Waals surface area contributed by atoms with Gasteiger partial charge in [-0.1, -0.05) is 24.3 Å². The number of hydrogen-bond acceptors (Lipinski definition) is 2. The molecule has 1 aliphatic rings. The second-order valence-electron chi connectivity index (χ2n) is 3.90. The number of hydrazine groups is 1. The van der Waals surface area contributed by atoms with Crippen molar-refractivity contribution in [1.29, 1.82) is 0 Å². The minimum absolute atomic E-state index is 0.331. The quantitative estimate of drug-likeness (QED) is 0.301. The van der Waals surface area contributed by atoms with Crippen LogP contribution < -0.4 is 16.6 Å². The summed E-state index contributed by atoms with van der Waals surface area (Å²) in [5.74, 6) is 6.08. The Hall–Kier alpha value is -1.55. The summed E-state index contributed by atoms with van der Waals surface area (Å²) in [5, 5.41) is 3.34. The molecule has 0 amide bonds. The van der Waals surface area contributed by atoms with Crippen molar-refractivity contribution < 1.29 is 0 Å². The Balaban J connectivity index is 2.11. The van der Waals surface area contributed by atoms with Crippen LogP contribution in [0.1, 0.15) is 30.5 Å². The molecule has 1 atom stereocenters. The number of nitrogens with one attached hydrogen (secondary N) is 2. The van der Waals surface area contributed by atoms with Gasteiger partial charge in [0, 0.05) is 6.54 Å². The Labute approximate surface area is 95.9 Å². The molecule has 0 aromatic heterocycles. The van der Waals surface area contributed by atoms with E-state index in [9.17, 15) is 0 Å².